The van der Waals surface area contributed by atoms with Crippen molar-refractivity contribution in [3.05, 3.63) is 69.4 Å². The molecule has 16 heteroatoms. The van der Waals surface area contributed by atoms with Crippen molar-refractivity contribution in [2.24, 2.45) is 0 Å². The number of hydrogen-bond donors (Lipinski definition) is 1. The molecule has 7 rings (SSSR count). The zero-order chi connectivity index (χ0) is 35.6. The first-order valence-corrected chi connectivity index (χ1v) is 16.2. The van der Waals surface area contributed by atoms with Crippen molar-refractivity contribution in [1.29, 1.82) is 0 Å². The third-order valence-corrected chi connectivity index (χ3v) is 9.86. The molecule has 50 heavy (non-hydrogen) atoms. The lowest BCUT2D eigenvalue weighted by Crippen LogP contribution is -2.43. The first kappa shape index (κ1) is 34.1. The number of alkyl halides is 6. The van der Waals surface area contributed by atoms with E-state index in [1.807, 2.05) is 0 Å². The molecule has 2 N–H and O–H groups in total. The fraction of sp³-hybridized carbons (Fsp3) is 0.500. The van der Waals surface area contributed by atoms with E-state index in [9.17, 15) is 26.3 Å². The van der Waals surface area contributed by atoms with Crippen molar-refractivity contribution in [2.75, 3.05) is 36.9 Å². The molecule has 6 heterocycles. The van der Waals surface area contributed by atoms with Gasteiger partial charge in [0, 0.05) is 42.7 Å². The van der Waals surface area contributed by atoms with Gasteiger partial charge in [-0.1, -0.05) is 18.1 Å². The number of ether oxygens (including phenoxy) is 2. The van der Waals surface area contributed by atoms with Crippen molar-refractivity contribution in [2.45, 2.75) is 82.7 Å². The highest BCUT2D eigenvalue weighted by Gasteiger charge is 2.47. The summed E-state index contributed by atoms with van der Waals surface area (Å²) in [6.45, 7) is 7.68. The predicted octanol–water partition coefficient (Wildman–Crippen LogP) is 6.20. The van der Waals surface area contributed by atoms with Gasteiger partial charge in [-0.25, -0.2) is 4.39 Å². The van der Waals surface area contributed by atoms with Gasteiger partial charge in [0.15, 0.2) is 11.5 Å². The zero-order valence-electron chi connectivity index (χ0n) is 27.1. The molecule has 4 aliphatic heterocycles. The number of halogens is 7. The summed E-state index contributed by atoms with van der Waals surface area (Å²) in [6.07, 6.45) is -8.35. The topological polar surface area (TPSA) is 94.6 Å². The molecule has 0 radical (unpaired) electrons. The third kappa shape index (κ3) is 6.14. The van der Waals surface area contributed by atoms with E-state index in [-0.39, 0.29) is 50.0 Å². The second kappa shape index (κ2) is 12.4. The van der Waals surface area contributed by atoms with Gasteiger partial charge in [-0.2, -0.15) is 41.4 Å². The minimum atomic E-state index is -4.99. The molecule has 2 saturated heterocycles. The lowest BCUT2D eigenvalue weighted by atomic mass is 9.91. The smallest absolute Gasteiger partial charge is 0.435 e. The summed E-state index contributed by atoms with van der Waals surface area (Å²) >= 11 is 0. The molecule has 2 atom stereocenters. The molecule has 0 aliphatic carbocycles. The van der Waals surface area contributed by atoms with Gasteiger partial charge in [-0.05, 0) is 51.3 Å². The van der Waals surface area contributed by atoms with Crippen molar-refractivity contribution in [1.82, 2.24) is 24.6 Å². The van der Waals surface area contributed by atoms with E-state index in [1.54, 1.807) is 4.90 Å². The second-order valence-electron chi connectivity index (χ2n) is 13.2. The highest BCUT2D eigenvalue weighted by atomic mass is 19.4. The quantitative estimate of drug-likeness (QED) is 0.145. The summed E-state index contributed by atoms with van der Waals surface area (Å²) in [6, 6.07) is 1.81. The third-order valence-electron chi connectivity index (χ3n) is 9.86. The van der Waals surface area contributed by atoms with E-state index in [0.717, 1.165) is 50.1 Å². The number of nitrogens with zero attached hydrogens (tertiary/aromatic N) is 6. The van der Waals surface area contributed by atoms with Gasteiger partial charge < -0.3 is 20.1 Å². The van der Waals surface area contributed by atoms with E-state index >= 15 is 4.39 Å². The molecule has 4 aliphatic rings. The largest absolute Gasteiger partial charge is 0.461 e. The number of hydrogen-bond acceptors (Lipinski definition) is 8. The van der Waals surface area contributed by atoms with Gasteiger partial charge in [0.1, 0.15) is 12.4 Å². The zero-order valence-corrected chi connectivity index (χ0v) is 27.1. The minimum absolute atomic E-state index is 0.00799. The molecule has 2 fully saturated rings. The summed E-state index contributed by atoms with van der Waals surface area (Å²) in [5.74, 6) is 3.86. The molecular weight excluding hydrogens is 671 g/mol. The molecule has 0 amide bonds. The first-order chi connectivity index (χ1) is 23.7. The molecule has 3 aromatic rings. The van der Waals surface area contributed by atoms with Gasteiger partial charge in [0.25, 0.3) is 0 Å². The molecule has 0 bridgehead atoms. The van der Waals surface area contributed by atoms with Crippen molar-refractivity contribution < 1.29 is 40.2 Å². The Hall–Kier alpha value is -4.36. The molecule has 1 unspecified atom stereocenters. The van der Waals surface area contributed by atoms with Crippen LogP contribution in [0.1, 0.15) is 78.0 Å². The van der Waals surface area contributed by atoms with E-state index < -0.39 is 52.3 Å². The summed E-state index contributed by atoms with van der Waals surface area (Å²) in [4.78, 5) is 13.4. The van der Waals surface area contributed by atoms with Crippen LogP contribution in [0.2, 0.25) is 0 Å². The number of anilines is 2. The summed E-state index contributed by atoms with van der Waals surface area (Å²) in [7, 11) is 0. The Balaban J connectivity index is 1.29. The number of rotatable bonds is 5. The summed E-state index contributed by atoms with van der Waals surface area (Å²) in [5, 5.41) is 3.76. The fourth-order valence-electron chi connectivity index (χ4n) is 7.71. The SMILES string of the molecule is C=C1CN2CCC[C@@]2(COc2nc3c(c(N4CCCn5nc(C(F)(F)F)cc5C4)n2)COC(c2c(F)c(N)cc(C#CC)c2C(F)(F)F)C3)C1. The highest BCUT2D eigenvalue weighted by Crippen LogP contribution is 2.45. The molecular formula is C34H34F7N7O2. The van der Waals surface area contributed by atoms with E-state index in [0.29, 0.717) is 30.0 Å². The standard InChI is InChI=1S/C34H34F7N7O2/c1-3-6-20-11-23(42)29(35)27(28(20)34(39,40)41)25-13-24-22(17-49-25)30(46-8-5-10-48-21(16-46)12-26(45-48)33(36,37)38)44-31(43-24)50-18-32-7-4-9-47(32)15-19(2)14-32/h11-12,25H,2,4-5,7-10,13-18,42H2,1H3/t25?,32-/m0/s1. The Labute approximate surface area is 283 Å². The van der Waals surface area contributed by atoms with Crippen LogP contribution in [0.5, 0.6) is 6.01 Å². The lowest BCUT2D eigenvalue weighted by molar-refractivity contribution is -0.141. The maximum atomic E-state index is 15.6. The average molecular weight is 706 g/mol. The van der Waals surface area contributed by atoms with Gasteiger partial charge in [-0.15, -0.1) is 5.92 Å². The first-order valence-electron chi connectivity index (χ1n) is 16.2. The number of nitrogen functional groups attached to an aromatic ring is 1. The monoisotopic (exact) mass is 705 g/mol. The van der Waals surface area contributed by atoms with E-state index in [1.165, 1.54) is 11.6 Å². The second-order valence-corrected chi connectivity index (χ2v) is 13.2. The molecule has 0 saturated carbocycles. The molecule has 266 valence electrons. The van der Waals surface area contributed by atoms with Crippen LogP contribution in [0.15, 0.2) is 24.3 Å². The number of aryl methyl sites for hydroxylation is 1. The normalized spacial score (nSPS) is 22.4. The minimum Gasteiger partial charge on any atom is -0.461 e. The highest BCUT2D eigenvalue weighted by molar-refractivity contribution is 5.59. The Morgan fingerprint density at radius 1 is 1.08 bits per heavy atom. The number of aromatic nitrogens is 4. The Kier molecular flexibility index (Phi) is 8.49. The molecule has 1 aromatic carbocycles. The number of benzene rings is 1. The van der Waals surface area contributed by atoms with Crippen LogP contribution in [0.25, 0.3) is 0 Å². The Morgan fingerprint density at radius 3 is 2.62 bits per heavy atom. The Morgan fingerprint density at radius 2 is 1.88 bits per heavy atom. The van der Waals surface area contributed by atoms with Crippen LogP contribution in [0.4, 0.5) is 42.2 Å². The number of fused-ring (bicyclic) bond motifs is 3. The van der Waals surface area contributed by atoms with Crippen LogP contribution in [-0.4, -0.2) is 56.4 Å². The number of nitrogens with two attached hydrogens (primary N) is 1. The molecule has 9 nitrogen and oxygen atoms in total. The van der Waals surface area contributed by atoms with Gasteiger partial charge in [-0.3, -0.25) is 9.58 Å². The maximum Gasteiger partial charge on any atom is 0.435 e. The van der Waals surface area contributed by atoms with Gasteiger partial charge >= 0.3 is 18.4 Å². The van der Waals surface area contributed by atoms with E-state index in [4.69, 9.17) is 20.2 Å². The lowest BCUT2D eigenvalue weighted by Gasteiger charge is -2.33. The van der Waals surface area contributed by atoms with Crippen LogP contribution < -0.4 is 15.4 Å². The van der Waals surface area contributed by atoms with Gasteiger partial charge in [0.05, 0.1) is 47.4 Å². The maximum absolute atomic E-state index is 15.6. The van der Waals surface area contributed by atoms with Crippen LogP contribution >= 0.6 is 0 Å². The molecule has 2 aromatic heterocycles. The van der Waals surface area contributed by atoms with Gasteiger partial charge in [0.2, 0.25) is 0 Å². The Bertz CT molecular complexity index is 1910. The molecule has 0 spiro atoms. The van der Waals surface area contributed by atoms with Crippen LogP contribution in [0, 0.1) is 17.7 Å². The summed E-state index contributed by atoms with van der Waals surface area (Å²) in [5.41, 5.74) is 3.57. The fourth-order valence-corrected chi connectivity index (χ4v) is 7.71. The van der Waals surface area contributed by atoms with Crippen molar-refractivity contribution in [3.63, 3.8) is 0 Å². The van der Waals surface area contributed by atoms with Crippen LogP contribution in [-0.2, 0) is 43.2 Å². The predicted molar refractivity (Wildman–Crippen MR) is 167 cm³/mol. The van der Waals surface area contributed by atoms with Crippen LogP contribution in [0.3, 0.4) is 0 Å². The average Bonchev–Trinajstić information content (AvgIpc) is 3.67. The van der Waals surface area contributed by atoms with E-state index in [2.05, 4.69) is 33.4 Å². The van der Waals surface area contributed by atoms with Crippen molar-refractivity contribution >= 4 is 11.5 Å². The summed E-state index contributed by atoms with van der Waals surface area (Å²) < 4.78 is 113. The van der Waals surface area contributed by atoms with Crippen molar-refractivity contribution in [3.8, 4) is 17.9 Å².